The van der Waals surface area contributed by atoms with E-state index in [1.165, 1.54) is 11.3 Å². The largest absolute Gasteiger partial charge is 0.496 e. The molecule has 6 heteroatoms. The molecule has 1 unspecified atom stereocenters. The number of ether oxygens (including phenoxy) is 1. The quantitative estimate of drug-likeness (QED) is 0.411. The van der Waals surface area contributed by atoms with Crippen molar-refractivity contribution in [3.63, 3.8) is 0 Å². The predicted octanol–water partition coefficient (Wildman–Crippen LogP) is 5.36. The van der Waals surface area contributed by atoms with Gasteiger partial charge in [-0.15, -0.1) is 0 Å². The summed E-state index contributed by atoms with van der Waals surface area (Å²) in [7, 11) is 1.67. The molecule has 0 spiro atoms. The Morgan fingerprint density at radius 3 is 2.61 bits per heavy atom. The molecule has 4 rings (SSSR count). The van der Waals surface area contributed by atoms with Gasteiger partial charge in [0, 0.05) is 41.8 Å². The van der Waals surface area contributed by atoms with Gasteiger partial charge in [0.1, 0.15) is 5.75 Å². The first-order valence-corrected chi connectivity index (χ1v) is 11.4. The van der Waals surface area contributed by atoms with E-state index in [9.17, 15) is 4.79 Å². The molecule has 6 nitrogen and oxygen atoms in total. The fraction of sp³-hybridized carbons (Fsp3) is 0.333. The molecule has 0 saturated heterocycles. The van der Waals surface area contributed by atoms with Crippen LogP contribution in [0.1, 0.15) is 61.5 Å². The first-order valence-electron chi connectivity index (χ1n) is 11.4. The molecule has 3 aromatic rings. The third-order valence-corrected chi connectivity index (χ3v) is 6.45. The van der Waals surface area contributed by atoms with Crippen molar-refractivity contribution in [2.45, 2.75) is 45.6 Å². The topological polar surface area (TPSA) is 58.9 Å². The molecular weight excluding hydrogens is 412 g/mol. The minimum atomic E-state index is -0.264. The molecular formula is C27H32N4O2. The van der Waals surface area contributed by atoms with E-state index in [-0.39, 0.29) is 11.4 Å². The van der Waals surface area contributed by atoms with Gasteiger partial charge in [-0.2, -0.15) is 5.10 Å². The van der Waals surface area contributed by atoms with Gasteiger partial charge in [-0.3, -0.25) is 4.79 Å². The molecule has 172 valence electrons. The van der Waals surface area contributed by atoms with E-state index in [0.717, 1.165) is 30.0 Å². The number of aromatic nitrogens is 1. The van der Waals surface area contributed by atoms with E-state index >= 15 is 0 Å². The molecule has 33 heavy (non-hydrogen) atoms. The number of fused-ring (bicyclic) bond motifs is 1. The Morgan fingerprint density at radius 2 is 1.91 bits per heavy atom. The Kier molecular flexibility index (Phi) is 6.27. The molecule has 1 aliphatic heterocycles. The number of nitrogens with zero attached hydrogens (tertiary/aromatic N) is 3. The van der Waals surface area contributed by atoms with Crippen molar-refractivity contribution in [2.24, 2.45) is 5.10 Å². The van der Waals surface area contributed by atoms with Gasteiger partial charge in [-0.1, -0.05) is 19.1 Å². The molecule has 1 aliphatic rings. The highest BCUT2D eigenvalue weighted by atomic mass is 16.5. The Morgan fingerprint density at radius 1 is 1.18 bits per heavy atom. The van der Waals surface area contributed by atoms with Crippen LogP contribution in [-0.2, 0) is 0 Å². The molecule has 2 heterocycles. The highest BCUT2D eigenvalue weighted by Crippen LogP contribution is 2.45. The molecule has 0 saturated carbocycles. The fourth-order valence-corrected chi connectivity index (χ4v) is 5.01. The normalized spacial score (nSPS) is 17.1. The maximum Gasteiger partial charge on any atom is 0.273 e. The number of carbonyl (C=O) groups is 1. The number of para-hydroxylation sites is 1. The van der Waals surface area contributed by atoms with E-state index in [1.807, 2.05) is 47.3 Å². The zero-order valence-electron chi connectivity index (χ0n) is 20.0. The summed E-state index contributed by atoms with van der Waals surface area (Å²) >= 11 is 0. The molecule has 0 fully saturated rings. The van der Waals surface area contributed by atoms with Crippen molar-refractivity contribution >= 4 is 17.8 Å². The Labute approximate surface area is 195 Å². The monoisotopic (exact) mass is 444 g/mol. The number of hydrogen-bond acceptors (Lipinski definition) is 4. The Bertz CT molecular complexity index is 1160. The molecule has 2 aromatic carbocycles. The summed E-state index contributed by atoms with van der Waals surface area (Å²) in [5, 5.41) is 4.26. The molecule has 0 bridgehead atoms. The summed E-state index contributed by atoms with van der Waals surface area (Å²) in [5.41, 5.74) is 7.45. The highest BCUT2D eigenvalue weighted by molar-refractivity contribution is 5.98. The highest BCUT2D eigenvalue weighted by Gasteiger charge is 2.36. The second kappa shape index (κ2) is 9.14. The van der Waals surface area contributed by atoms with Gasteiger partial charge >= 0.3 is 0 Å². The molecule has 1 amide bonds. The molecule has 1 atom stereocenters. The zero-order chi connectivity index (χ0) is 23.6. The number of benzene rings is 2. The molecule has 0 radical (unpaired) electrons. The van der Waals surface area contributed by atoms with Crippen LogP contribution >= 0.6 is 0 Å². The number of carbonyl (C=O) groups excluding carboxylic acids is 1. The fourth-order valence-electron chi connectivity index (χ4n) is 5.01. The summed E-state index contributed by atoms with van der Waals surface area (Å²) < 4.78 is 7.59. The SMILES string of the molecule is CCN1c2cc(OC)c(/C=N\NC(=O)c3ccccc3-n3cccc3)cc2C(C)CC1(C)C. The van der Waals surface area contributed by atoms with Gasteiger partial charge in [0.25, 0.3) is 5.91 Å². The van der Waals surface area contributed by atoms with Crippen molar-refractivity contribution in [3.8, 4) is 11.4 Å². The van der Waals surface area contributed by atoms with Gasteiger partial charge in [-0.05, 0) is 69.0 Å². The number of anilines is 1. The van der Waals surface area contributed by atoms with Crippen LogP contribution in [-0.4, -0.2) is 35.9 Å². The summed E-state index contributed by atoms with van der Waals surface area (Å²) in [6, 6.07) is 15.6. The lowest BCUT2D eigenvalue weighted by atomic mass is 9.79. The van der Waals surface area contributed by atoms with Gasteiger partial charge in [-0.25, -0.2) is 5.43 Å². The molecule has 1 aromatic heterocycles. The number of rotatable bonds is 6. The number of methoxy groups -OCH3 is 1. The summed E-state index contributed by atoms with van der Waals surface area (Å²) in [6.07, 6.45) is 6.56. The molecule has 0 aliphatic carbocycles. The predicted molar refractivity (Wildman–Crippen MR) is 134 cm³/mol. The lowest BCUT2D eigenvalue weighted by Crippen LogP contribution is -2.48. The summed E-state index contributed by atoms with van der Waals surface area (Å²) in [5.74, 6) is 0.890. The number of amides is 1. The minimum Gasteiger partial charge on any atom is -0.496 e. The van der Waals surface area contributed by atoms with Gasteiger partial charge in [0.2, 0.25) is 0 Å². The van der Waals surface area contributed by atoms with Gasteiger partial charge in [0.05, 0.1) is 24.6 Å². The Balaban J connectivity index is 1.60. The van der Waals surface area contributed by atoms with Crippen LogP contribution in [0.5, 0.6) is 5.75 Å². The van der Waals surface area contributed by atoms with Crippen LogP contribution in [0.2, 0.25) is 0 Å². The first kappa shape index (κ1) is 22.6. The average Bonchev–Trinajstić information content (AvgIpc) is 3.33. The van der Waals surface area contributed by atoms with Crippen LogP contribution in [0.25, 0.3) is 5.69 Å². The van der Waals surface area contributed by atoms with E-state index < -0.39 is 0 Å². The standard InChI is InChI=1S/C27H32N4O2/c1-6-31-24-16-25(33-5)20(15-22(24)19(2)17-27(31,3)4)18-28-29-26(32)21-11-7-8-12-23(21)30-13-9-10-14-30/h7-16,18-19H,6,17H2,1-5H3,(H,29,32)/b28-18-. The summed E-state index contributed by atoms with van der Waals surface area (Å²) in [4.78, 5) is 15.3. The van der Waals surface area contributed by atoms with E-state index in [1.54, 1.807) is 19.4 Å². The number of nitrogens with one attached hydrogen (secondary N) is 1. The number of hydrogen-bond donors (Lipinski definition) is 1. The Hall–Kier alpha value is -3.54. The van der Waals surface area contributed by atoms with Crippen LogP contribution in [0, 0.1) is 0 Å². The first-order chi connectivity index (χ1) is 15.9. The van der Waals surface area contributed by atoms with Crippen LogP contribution in [0.4, 0.5) is 5.69 Å². The second-order valence-corrected chi connectivity index (χ2v) is 9.12. The maximum absolute atomic E-state index is 12.9. The van der Waals surface area contributed by atoms with Crippen molar-refractivity contribution in [1.29, 1.82) is 0 Å². The van der Waals surface area contributed by atoms with Gasteiger partial charge < -0.3 is 14.2 Å². The zero-order valence-corrected chi connectivity index (χ0v) is 20.0. The maximum atomic E-state index is 12.9. The average molecular weight is 445 g/mol. The smallest absolute Gasteiger partial charge is 0.273 e. The van der Waals surface area contributed by atoms with E-state index in [2.05, 4.69) is 55.3 Å². The van der Waals surface area contributed by atoms with Crippen LogP contribution < -0.4 is 15.1 Å². The van der Waals surface area contributed by atoms with Crippen molar-refractivity contribution < 1.29 is 9.53 Å². The van der Waals surface area contributed by atoms with E-state index in [4.69, 9.17) is 4.74 Å². The van der Waals surface area contributed by atoms with Crippen molar-refractivity contribution in [1.82, 2.24) is 9.99 Å². The van der Waals surface area contributed by atoms with Gasteiger partial charge in [0.15, 0.2) is 0 Å². The number of hydrazone groups is 1. The second-order valence-electron chi connectivity index (χ2n) is 9.12. The van der Waals surface area contributed by atoms with E-state index in [0.29, 0.717) is 11.5 Å². The lowest BCUT2D eigenvalue weighted by molar-refractivity contribution is 0.0955. The minimum absolute atomic E-state index is 0.0862. The third kappa shape index (κ3) is 4.38. The molecule has 1 N–H and O–H groups in total. The lowest BCUT2D eigenvalue weighted by Gasteiger charge is -2.47. The van der Waals surface area contributed by atoms with Crippen LogP contribution in [0.3, 0.4) is 0 Å². The third-order valence-electron chi connectivity index (χ3n) is 6.45. The summed E-state index contributed by atoms with van der Waals surface area (Å²) in [6.45, 7) is 9.96. The van der Waals surface area contributed by atoms with Crippen molar-refractivity contribution in [2.75, 3.05) is 18.6 Å². The van der Waals surface area contributed by atoms with Crippen LogP contribution in [0.15, 0.2) is 66.0 Å². The van der Waals surface area contributed by atoms with Crippen molar-refractivity contribution in [3.05, 3.63) is 77.6 Å².